The van der Waals surface area contributed by atoms with E-state index in [9.17, 15) is 0 Å². The van der Waals surface area contributed by atoms with Crippen molar-refractivity contribution in [3.8, 4) is 22.3 Å². The number of rotatable bonds is 8. The van der Waals surface area contributed by atoms with Gasteiger partial charge < -0.3 is 27.4 Å². The summed E-state index contributed by atoms with van der Waals surface area (Å²) in [5.41, 5.74) is 23.5. The monoisotopic (exact) mass is 1100 g/mol. The second-order valence-corrected chi connectivity index (χ2v) is 23.3. The first-order chi connectivity index (χ1) is 42.5. The lowest BCUT2D eigenvalue weighted by Gasteiger charge is -2.29. The van der Waals surface area contributed by atoms with Crippen LogP contribution in [0, 0.1) is 13.8 Å². The number of para-hydroxylation sites is 4. The Morgan fingerprint density at radius 3 is 1.09 bits per heavy atom. The molecule has 0 saturated carbocycles. The van der Waals surface area contributed by atoms with Gasteiger partial charge >= 0.3 is 0 Å². The van der Waals surface area contributed by atoms with Gasteiger partial charge in [0.1, 0.15) is 11.2 Å². The lowest BCUT2D eigenvalue weighted by atomic mass is 9.97. The van der Waals surface area contributed by atoms with Crippen molar-refractivity contribution in [2.24, 2.45) is 0 Å². The predicted octanol–water partition coefficient (Wildman–Crippen LogP) is 22.7. The highest BCUT2D eigenvalue weighted by Crippen LogP contribution is 2.55. The van der Waals surface area contributed by atoms with Crippen LogP contribution >= 0.6 is 0 Å². The number of benzene rings is 13. The molecule has 0 saturated heterocycles. The van der Waals surface area contributed by atoms with E-state index in [2.05, 4.69) is 299 Å². The highest BCUT2D eigenvalue weighted by molar-refractivity contribution is 6.33. The van der Waals surface area contributed by atoms with Crippen LogP contribution < -0.4 is 9.80 Å². The molecule has 19 aromatic rings. The highest BCUT2D eigenvalue weighted by atomic mass is 16.3. The third-order valence-electron chi connectivity index (χ3n) is 18.5. The number of fused-ring (bicyclic) bond motifs is 18. The smallest absolute Gasteiger partial charge is 0.160 e. The third kappa shape index (κ3) is 6.44. The number of hydrogen-bond donors (Lipinski definition) is 0. The predicted molar refractivity (Wildman–Crippen MR) is 360 cm³/mol. The third-order valence-corrected chi connectivity index (χ3v) is 18.5. The Balaban J connectivity index is 0.899. The number of aromatic nitrogens is 2. The van der Waals surface area contributed by atoms with Crippen molar-refractivity contribution in [1.82, 2.24) is 8.80 Å². The molecule has 402 valence electrons. The molecule has 6 heteroatoms. The van der Waals surface area contributed by atoms with Crippen LogP contribution in [0.5, 0.6) is 0 Å². The number of anilines is 6. The molecule has 6 heterocycles. The van der Waals surface area contributed by atoms with E-state index in [-0.39, 0.29) is 0 Å². The summed E-state index contributed by atoms with van der Waals surface area (Å²) in [6, 6.07) is 97.7. The number of hydrogen-bond acceptors (Lipinski definition) is 4. The van der Waals surface area contributed by atoms with Gasteiger partial charge in [-0.3, -0.25) is 0 Å². The Morgan fingerprint density at radius 1 is 0.291 bits per heavy atom. The van der Waals surface area contributed by atoms with Crippen molar-refractivity contribution in [3.05, 3.63) is 278 Å². The van der Waals surface area contributed by atoms with Gasteiger partial charge in [0.25, 0.3) is 0 Å². The standard InChI is InChI=1S/C80H50N4O2/c1-47-29-33-51(34-30-47)81(77-53(49-17-5-3-6-18-49)37-39-59-55-21-11-15-27-71(55)85-79(59)77)67-43-41-57-63-45-70-64(46-69(63)83-65-25-13-9-23-61(65)73(67)75(57)83)58-42-44-68(74-62-24-10-14-26-66(62)84(70)76(58)74)82(52-35-31-48(2)32-36-52)78-54(50-19-7-4-8-20-50)38-40-60-56-22-12-16-28-72(56)86-80(60)78/h3-46H,1-2H3. The van der Waals surface area contributed by atoms with Gasteiger partial charge in [-0.2, -0.15) is 0 Å². The largest absolute Gasteiger partial charge is 0.454 e. The fourth-order valence-electron chi connectivity index (χ4n) is 14.7. The van der Waals surface area contributed by atoms with E-state index in [1.165, 1.54) is 76.3 Å². The average molecular weight is 1100 g/mol. The van der Waals surface area contributed by atoms with Crippen molar-refractivity contribution >= 4 is 154 Å². The summed E-state index contributed by atoms with van der Waals surface area (Å²) >= 11 is 0. The van der Waals surface area contributed by atoms with Crippen LogP contribution in [0.25, 0.3) is 142 Å². The zero-order chi connectivity index (χ0) is 56.5. The minimum absolute atomic E-state index is 0.848. The Hall–Kier alpha value is -11.3. The van der Waals surface area contributed by atoms with Crippen LogP contribution in [-0.2, 0) is 0 Å². The molecular formula is C80H50N4O2. The van der Waals surface area contributed by atoms with Crippen molar-refractivity contribution in [3.63, 3.8) is 0 Å². The summed E-state index contributed by atoms with van der Waals surface area (Å²) < 4.78 is 19.2. The van der Waals surface area contributed by atoms with Crippen LogP contribution in [0.2, 0.25) is 0 Å². The topological polar surface area (TPSA) is 41.6 Å². The van der Waals surface area contributed by atoms with Crippen LogP contribution in [0.15, 0.2) is 276 Å². The molecular weight excluding hydrogens is 1050 g/mol. The normalized spacial score (nSPS) is 12.3. The first-order valence-corrected chi connectivity index (χ1v) is 29.6. The molecule has 6 aromatic heterocycles. The van der Waals surface area contributed by atoms with Gasteiger partial charge in [0, 0.05) is 87.1 Å². The molecule has 86 heavy (non-hydrogen) atoms. The zero-order valence-electron chi connectivity index (χ0n) is 47.0. The highest BCUT2D eigenvalue weighted by Gasteiger charge is 2.32. The summed E-state index contributed by atoms with van der Waals surface area (Å²) in [5, 5.41) is 13.9. The van der Waals surface area contributed by atoms with Crippen LogP contribution in [0.3, 0.4) is 0 Å². The van der Waals surface area contributed by atoms with E-state index in [0.717, 1.165) is 111 Å². The number of aryl methyl sites for hydroxylation is 2. The summed E-state index contributed by atoms with van der Waals surface area (Å²) in [7, 11) is 0. The molecule has 0 fully saturated rings. The van der Waals surface area contributed by atoms with Crippen molar-refractivity contribution in [1.29, 1.82) is 0 Å². The number of furan rings is 2. The summed E-state index contributed by atoms with van der Waals surface area (Å²) in [4.78, 5) is 4.94. The van der Waals surface area contributed by atoms with Gasteiger partial charge in [-0.05, 0) is 110 Å². The number of nitrogens with zero attached hydrogens (tertiary/aromatic N) is 4. The SMILES string of the molecule is Cc1ccc(N(c2c(-c3ccccc3)ccc3c2oc2ccccc23)c2ccc3c4cc5c(cc4n4c6ccccc6c2c34)c2ccc(N(c3ccc(C)cc3)c3c(-c4ccccc4)ccc4c3oc3ccccc34)c3c4ccccc4n5c23)cc1. The van der Waals surface area contributed by atoms with Gasteiger partial charge in [0.05, 0.1) is 55.8 Å². The van der Waals surface area contributed by atoms with Gasteiger partial charge in [0.15, 0.2) is 11.2 Å². The molecule has 0 spiro atoms. The summed E-state index contributed by atoms with van der Waals surface area (Å²) in [6.07, 6.45) is 0. The first-order valence-electron chi connectivity index (χ1n) is 29.6. The van der Waals surface area contributed by atoms with Crippen molar-refractivity contribution in [2.75, 3.05) is 9.80 Å². The molecule has 6 nitrogen and oxygen atoms in total. The van der Waals surface area contributed by atoms with Gasteiger partial charge in [0.2, 0.25) is 0 Å². The summed E-state index contributed by atoms with van der Waals surface area (Å²) in [6.45, 7) is 4.32. The molecule has 0 bridgehead atoms. The Labute approximate surface area is 493 Å². The molecule has 0 aliphatic heterocycles. The minimum atomic E-state index is 0.848. The van der Waals surface area contributed by atoms with E-state index >= 15 is 0 Å². The lowest BCUT2D eigenvalue weighted by molar-refractivity contribution is 0.669. The fourth-order valence-corrected chi connectivity index (χ4v) is 14.7. The Bertz CT molecular complexity index is 5600. The Kier molecular flexibility index (Phi) is 9.65. The zero-order valence-corrected chi connectivity index (χ0v) is 47.0. The van der Waals surface area contributed by atoms with E-state index in [1.807, 2.05) is 0 Å². The van der Waals surface area contributed by atoms with Crippen molar-refractivity contribution in [2.45, 2.75) is 13.8 Å². The second kappa shape index (κ2) is 17.6. The maximum atomic E-state index is 7.07. The van der Waals surface area contributed by atoms with Crippen LogP contribution in [0.4, 0.5) is 34.1 Å². The maximum Gasteiger partial charge on any atom is 0.160 e. The molecule has 19 rings (SSSR count). The molecule has 0 aliphatic rings. The Morgan fingerprint density at radius 2 is 0.663 bits per heavy atom. The second-order valence-electron chi connectivity index (χ2n) is 23.3. The minimum Gasteiger partial charge on any atom is -0.454 e. The van der Waals surface area contributed by atoms with Crippen LogP contribution in [-0.4, -0.2) is 8.80 Å². The quantitative estimate of drug-likeness (QED) is 0.152. The van der Waals surface area contributed by atoms with E-state index < -0.39 is 0 Å². The molecule has 0 radical (unpaired) electrons. The molecule has 0 amide bonds. The molecule has 0 aliphatic carbocycles. The molecule has 13 aromatic carbocycles. The van der Waals surface area contributed by atoms with E-state index in [4.69, 9.17) is 8.83 Å². The fraction of sp³-hybridized carbons (Fsp3) is 0.0250. The maximum absolute atomic E-state index is 7.07. The first kappa shape index (κ1) is 47.2. The summed E-state index contributed by atoms with van der Waals surface area (Å²) in [5.74, 6) is 0. The van der Waals surface area contributed by atoms with Gasteiger partial charge in [-0.25, -0.2) is 0 Å². The molecule has 0 N–H and O–H groups in total. The molecule has 0 unspecified atom stereocenters. The lowest BCUT2D eigenvalue weighted by Crippen LogP contribution is -2.12. The van der Waals surface area contributed by atoms with Gasteiger partial charge in [-0.1, -0.05) is 193 Å². The van der Waals surface area contributed by atoms with E-state index in [0.29, 0.717) is 0 Å². The van der Waals surface area contributed by atoms with E-state index in [1.54, 1.807) is 0 Å². The van der Waals surface area contributed by atoms with Crippen molar-refractivity contribution < 1.29 is 8.83 Å². The average Bonchev–Trinajstić information content (AvgIpc) is 1.56. The van der Waals surface area contributed by atoms with Gasteiger partial charge in [-0.15, -0.1) is 0 Å². The molecule has 0 atom stereocenters. The van der Waals surface area contributed by atoms with Crippen LogP contribution in [0.1, 0.15) is 11.1 Å².